The molecule has 0 unspecified atom stereocenters. The highest BCUT2D eigenvalue weighted by Crippen LogP contribution is 2.28. The van der Waals surface area contributed by atoms with E-state index in [0.29, 0.717) is 6.04 Å². The molecule has 5 nitrogen and oxygen atoms in total. The smallest absolute Gasteiger partial charge is 0.146 e. The summed E-state index contributed by atoms with van der Waals surface area (Å²) in [5.74, 6) is 0.942. The van der Waals surface area contributed by atoms with Crippen molar-refractivity contribution in [3.8, 4) is 5.69 Å². The van der Waals surface area contributed by atoms with Crippen LogP contribution in [0, 0.1) is 0 Å². The molecule has 1 saturated heterocycles. The van der Waals surface area contributed by atoms with Crippen LogP contribution in [0.3, 0.4) is 0 Å². The van der Waals surface area contributed by atoms with E-state index in [1.165, 1.54) is 0 Å². The molecule has 0 spiro atoms. The van der Waals surface area contributed by atoms with Crippen molar-refractivity contribution >= 4 is 0 Å². The van der Waals surface area contributed by atoms with Crippen LogP contribution in [0.5, 0.6) is 0 Å². The quantitative estimate of drug-likeness (QED) is 0.742. The first-order valence-corrected chi connectivity index (χ1v) is 9.22. The number of rotatable bonds is 6. The molecule has 5 heteroatoms. The summed E-state index contributed by atoms with van der Waals surface area (Å²) in [6, 6.07) is 20.4. The van der Waals surface area contributed by atoms with Gasteiger partial charge in [-0.1, -0.05) is 48.5 Å². The zero-order chi connectivity index (χ0) is 17.8. The molecule has 4 rings (SSSR count). The highest BCUT2D eigenvalue weighted by atomic mass is 16.3. The molecular formula is C21H24N4O. The van der Waals surface area contributed by atoms with Crippen molar-refractivity contribution in [2.75, 3.05) is 6.54 Å². The van der Waals surface area contributed by atoms with Gasteiger partial charge in [-0.15, -0.1) is 0 Å². The molecule has 0 amide bonds. The molecule has 3 aromatic rings. The summed E-state index contributed by atoms with van der Waals surface area (Å²) in [7, 11) is 0. The fourth-order valence-electron chi connectivity index (χ4n) is 3.78. The number of hydrogen-bond donors (Lipinski definition) is 1. The van der Waals surface area contributed by atoms with E-state index >= 15 is 0 Å². The zero-order valence-electron chi connectivity index (χ0n) is 14.8. The van der Waals surface area contributed by atoms with E-state index in [0.717, 1.165) is 49.4 Å². The second-order valence-corrected chi connectivity index (χ2v) is 6.85. The van der Waals surface area contributed by atoms with Gasteiger partial charge in [-0.05, 0) is 43.5 Å². The molecule has 2 heterocycles. The minimum absolute atomic E-state index is 0.367. The van der Waals surface area contributed by atoms with Gasteiger partial charge in [0.15, 0.2) is 0 Å². The molecule has 1 aliphatic rings. The van der Waals surface area contributed by atoms with Crippen LogP contribution < -0.4 is 0 Å². The standard InChI is InChI=1S/C21H24N4O/c26-20(17-8-3-1-4-9-17)14-19-12-7-13-24(19)15-21-22-16-23-25(21)18-10-5-2-6-11-18/h1-6,8-11,16,19-20,26H,7,12-15H2/t19-,20+/m0/s1. The van der Waals surface area contributed by atoms with Crippen LogP contribution in [0.4, 0.5) is 0 Å². The third-order valence-electron chi connectivity index (χ3n) is 5.14. The predicted molar refractivity (Wildman–Crippen MR) is 101 cm³/mol. The lowest BCUT2D eigenvalue weighted by atomic mass is 10.0. The van der Waals surface area contributed by atoms with E-state index < -0.39 is 6.10 Å². The van der Waals surface area contributed by atoms with Gasteiger partial charge in [-0.25, -0.2) is 9.67 Å². The molecule has 1 fully saturated rings. The van der Waals surface area contributed by atoms with E-state index in [9.17, 15) is 5.11 Å². The van der Waals surface area contributed by atoms with Crippen LogP contribution in [-0.4, -0.2) is 37.4 Å². The molecule has 26 heavy (non-hydrogen) atoms. The summed E-state index contributed by atoms with van der Waals surface area (Å²) in [5.41, 5.74) is 2.02. The van der Waals surface area contributed by atoms with Crippen LogP contribution in [0.2, 0.25) is 0 Å². The summed E-state index contributed by atoms with van der Waals surface area (Å²) in [6.45, 7) is 1.79. The normalized spacial score (nSPS) is 18.9. The maximum absolute atomic E-state index is 10.6. The molecule has 2 aromatic carbocycles. The van der Waals surface area contributed by atoms with Crippen molar-refractivity contribution in [1.82, 2.24) is 19.7 Å². The maximum Gasteiger partial charge on any atom is 0.146 e. The Kier molecular flexibility index (Phi) is 5.09. The minimum atomic E-state index is -0.422. The maximum atomic E-state index is 10.6. The van der Waals surface area contributed by atoms with Crippen molar-refractivity contribution in [2.45, 2.75) is 38.0 Å². The number of aromatic nitrogens is 3. The molecule has 1 aromatic heterocycles. The average Bonchev–Trinajstić information content (AvgIpc) is 3.33. The highest BCUT2D eigenvalue weighted by Gasteiger charge is 2.28. The van der Waals surface area contributed by atoms with Gasteiger partial charge < -0.3 is 5.11 Å². The molecule has 1 N–H and O–H groups in total. The monoisotopic (exact) mass is 348 g/mol. The Labute approximate surface area is 153 Å². The van der Waals surface area contributed by atoms with Crippen molar-refractivity contribution in [1.29, 1.82) is 0 Å². The Balaban J connectivity index is 1.46. The first kappa shape index (κ1) is 16.9. The third-order valence-corrected chi connectivity index (χ3v) is 5.14. The van der Waals surface area contributed by atoms with Gasteiger partial charge in [-0.3, -0.25) is 4.90 Å². The summed E-state index contributed by atoms with van der Waals surface area (Å²) in [6.07, 6.45) is 4.22. The number of aliphatic hydroxyl groups excluding tert-OH is 1. The van der Waals surface area contributed by atoms with Gasteiger partial charge >= 0.3 is 0 Å². The number of benzene rings is 2. The molecule has 0 saturated carbocycles. The second-order valence-electron chi connectivity index (χ2n) is 6.85. The van der Waals surface area contributed by atoms with Crippen LogP contribution in [0.15, 0.2) is 67.0 Å². The van der Waals surface area contributed by atoms with Crippen molar-refractivity contribution in [2.24, 2.45) is 0 Å². The summed E-state index contributed by atoms with van der Waals surface area (Å²) in [5, 5.41) is 15.0. The topological polar surface area (TPSA) is 54.2 Å². The molecule has 134 valence electrons. The molecule has 2 atom stereocenters. The molecular weight excluding hydrogens is 324 g/mol. The first-order valence-electron chi connectivity index (χ1n) is 9.22. The summed E-state index contributed by atoms with van der Waals surface area (Å²) >= 11 is 0. The Hall–Kier alpha value is -2.50. The first-order chi connectivity index (χ1) is 12.8. The Morgan fingerprint density at radius 2 is 1.77 bits per heavy atom. The number of hydrogen-bond acceptors (Lipinski definition) is 4. The van der Waals surface area contributed by atoms with Gasteiger partial charge in [-0.2, -0.15) is 5.10 Å². The summed E-state index contributed by atoms with van der Waals surface area (Å²) in [4.78, 5) is 6.90. The summed E-state index contributed by atoms with van der Waals surface area (Å²) < 4.78 is 1.91. The van der Waals surface area contributed by atoms with Gasteiger partial charge in [0.05, 0.1) is 18.3 Å². The van der Waals surface area contributed by atoms with E-state index in [1.807, 2.05) is 65.3 Å². The van der Waals surface area contributed by atoms with Gasteiger partial charge in [0.2, 0.25) is 0 Å². The van der Waals surface area contributed by atoms with E-state index in [-0.39, 0.29) is 0 Å². The average molecular weight is 348 g/mol. The SMILES string of the molecule is O[C@H](C[C@@H]1CCCN1Cc1ncnn1-c1ccccc1)c1ccccc1. The van der Waals surface area contributed by atoms with Crippen molar-refractivity contribution < 1.29 is 5.11 Å². The Morgan fingerprint density at radius 1 is 1.04 bits per heavy atom. The molecule has 0 aliphatic carbocycles. The van der Waals surface area contributed by atoms with E-state index in [4.69, 9.17) is 0 Å². The molecule has 1 aliphatic heterocycles. The number of para-hydroxylation sites is 1. The van der Waals surface area contributed by atoms with Crippen LogP contribution >= 0.6 is 0 Å². The van der Waals surface area contributed by atoms with E-state index in [1.54, 1.807) is 6.33 Å². The lowest BCUT2D eigenvalue weighted by molar-refractivity contribution is 0.116. The second kappa shape index (κ2) is 7.81. The fourth-order valence-corrected chi connectivity index (χ4v) is 3.78. The van der Waals surface area contributed by atoms with Gasteiger partial charge in [0, 0.05) is 6.04 Å². The van der Waals surface area contributed by atoms with Crippen LogP contribution in [0.1, 0.15) is 36.8 Å². The lowest BCUT2D eigenvalue weighted by Crippen LogP contribution is -2.31. The molecule has 0 bridgehead atoms. The van der Waals surface area contributed by atoms with Crippen LogP contribution in [-0.2, 0) is 6.54 Å². The third kappa shape index (κ3) is 3.69. The fraction of sp³-hybridized carbons (Fsp3) is 0.333. The van der Waals surface area contributed by atoms with E-state index in [2.05, 4.69) is 15.0 Å². The number of likely N-dealkylation sites (tertiary alicyclic amines) is 1. The van der Waals surface area contributed by atoms with Crippen molar-refractivity contribution in [3.05, 3.63) is 78.4 Å². The Bertz CT molecular complexity index is 818. The lowest BCUT2D eigenvalue weighted by Gasteiger charge is -2.26. The predicted octanol–water partition coefficient (Wildman–Crippen LogP) is 3.36. The Morgan fingerprint density at radius 3 is 2.54 bits per heavy atom. The van der Waals surface area contributed by atoms with Gasteiger partial charge in [0.25, 0.3) is 0 Å². The number of nitrogens with zero attached hydrogens (tertiary/aromatic N) is 4. The number of aliphatic hydroxyl groups is 1. The molecule has 0 radical (unpaired) electrons. The van der Waals surface area contributed by atoms with Gasteiger partial charge in [0.1, 0.15) is 12.2 Å². The minimum Gasteiger partial charge on any atom is -0.388 e. The van der Waals surface area contributed by atoms with Crippen LogP contribution in [0.25, 0.3) is 5.69 Å². The van der Waals surface area contributed by atoms with Crippen molar-refractivity contribution in [3.63, 3.8) is 0 Å². The highest BCUT2D eigenvalue weighted by molar-refractivity contribution is 5.30. The zero-order valence-corrected chi connectivity index (χ0v) is 14.8. The largest absolute Gasteiger partial charge is 0.388 e.